The van der Waals surface area contributed by atoms with Gasteiger partial charge >= 0.3 is 0 Å². The predicted octanol–water partition coefficient (Wildman–Crippen LogP) is 2.71. The molecule has 10 heteroatoms. The van der Waals surface area contributed by atoms with E-state index in [0.29, 0.717) is 31.3 Å². The highest BCUT2D eigenvalue weighted by molar-refractivity contribution is 7.89. The summed E-state index contributed by atoms with van der Waals surface area (Å²) in [6.07, 6.45) is 0. The molecule has 0 aromatic heterocycles. The van der Waals surface area contributed by atoms with E-state index in [0.717, 1.165) is 5.56 Å². The number of hydrogen-bond acceptors (Lipinski definition) is 5. The van der Waals surface area contributed by atoms with Crippen molar-refractivity contribution in [2.75, 3.05) is 32.9 Å². The van der Waals surface area contributed by atoms with Crippen molar-refractivity contribution in [2.24, 2.45) is 0 Å². The van der Waals surface area contributed by atoms with Crippen LogP contribution in [0, 0.1) is 0 Å². The maximum absolute atomic E-state index is 12.7. The molecule has 29 heavy (non-hydrogen) atoms. The zero-order valence-corrected chi connectivity index (χ0v) is 17.8. The first kappa shape index (κ1) is 21.9. The highest BCUT2D eigenvalue weighted by atomic mass is 35.5. The number of carbonyl (C=O) groups excluding carboxylic acids is 1. The van der Waals surface area contributed by atoms with Crippen LogP contribution < -0.4 is 10.1 Å². The van der Waals surface area contributed by atoms with Gasteiger partial charge in [-0.25, -0.2) is 8.42 Å². The lowest BCUT2D eigenvalue weighted by Crippen LogP contribution is -2.40. The van der Waals surface area contributed by atoms with Gasteiger partial charge in [0.1, 0.15) is 5.75 Å². The maximum Gasteiger partial charge on any atom is 0.258 e. The Bertz CT molecular complexity index is 978. The molecule has 1 fully saturated rings. The van der Waals surface area contributed by atoms with Crippen LogP contribution >= 0.6 is 23.2 Å². The second kappa shape index (κ2) is 9.77. The van der Waals surface area contributed by atoms with E-state index in [2.05, 4.69) is 5.32 Å². The molecule has 1 aliphatic rings. The summed E-state index contributed by atoms with van der Waals surface area (Å²) in [5, 5.41) is 3.38. The van der Waals surface area contributed by atoms with Crippen molar-refractivity contribution in [1.82, 2.24) is 9.62 Å². The van der Waals surface area contributed by atoms with Gasteiger partial charge in [-0.05, 0) is 29.8 Å². The van der Waals surface area contributed by atoms with Gasteiger partial charge in [-0.2, -0.15) is 4.31 Å². The third-order valence-corrected chi connectivity index (χ3v) is 6.86. The summed E-state index contributed by atoms with van der Waals surface area (Å²) >= 11 is 12.2. The Labute approximate surface area is 179 Å². The van der Waals surface area contributed by atoms with Crippen molar-refractivity contribution in [2.45, 2.75) is 11.4 Å². The first-order valence-electron chi connectivity index (χ1n) is 8.88. The lowest BCUT2D eigenvalue weighted by Gasteiger charge is -2.26. The Morgan fingerprint density at radius 3 is 2.52 bits per heavy atom. The van der Waals surface area contributed by atoms with E-state index in [1.54, 1.807) is 6.07 Å². The molecule has 0 radical (unpaired) electrons. The molecular formula is C19H20Cl2N2O5S. The molecule has 0 saturated carbocycles. The van der Waals surface area contributed by atoms with Crippen molar-refractivity contribution >= 4 is 39.1 Å². The van der Waals surface area contributed by atoms with E-state index in [1.165, 1.54) is 22.5 Å². The number of carbonyl (C=O) groups is 1. The smallest absolute Gasteiger partial charge is 0.258 e. The average molecular weight is 459 g/mol. The standard InChI is InChI=1S/C19H20Cl2N2O5S/c20-16-4-2-1-3-14(16)12-22-19(24)13-28-18-6-5-15(11-17(18)21)29(25,26)23-7-9-27-10-8-23/h1-6,11H,7-10,12-13H2,(H,22,24). The van der Waals surface area contributed by atoms with Crippen molar-refractivity contribution in [3.63, 3.8) is 0 Å². The van der Waals surface area contributed by atoms with Crippen LogP contribution in [0.5, 0.6) is 5.75 Å². The SMILES string of the molecule is O=C(COc1ccc(S(=O)(=O)N2CCOCC2)cc1Cl)NCc1ccccc1Cl. The quantitative estimate of drug-likeness (QED) is 0.689. The number of ether oxygens (including phenoxy) is 2. The number of nitrogens with one attached hydrogen (secondary N) is 1. The number of sulfonamides is 1. The van der Waals surface area contributed by atoms with Gasteiger partial charge < -0.3 is 14.8 Å². The van der Waals surface area contributed by atoms with Gasteiger partial charge in [-0.15, -0.1) is 0 Å². The van der Waals surface area contributed by atoms with Crippen LogP contribution in [-0.2, 0) is 26.1 Å². The van der Waals surface area contributed by atoms with Crippen LogP contribution in [0.25, 0.3) is 0 Å². The van der Waals surface area contributed by atoms with Gasteiger partial charge in [0.15, 0.2) is 6.61 Å². The summed E-state index contributed by atoms with van der Waals surface area (Å²) in [7, 11) is -3.65. The predicted molar refractivity (Wildman–Crippen MR) is 110 cm³/mol. The van der Waals surface area contributed by atoms with E-state index >= 15 is 0 Å². The number of hydrogen-bond donors (Lipinski definition) is 1. The monoisotopic (exact) mass is 458 g/mol. The average Bonchev–Trinajstić information content (AvgIpc) is 2.73. The van der Waals surface area contributed by atoms with E-state index in [4.69, 9.17) is 32.7 Å². The van der Waals surface area contributed by atoms with Crippen molar-refractivity contribution in [3.8, 4) is 5.75 Å². The molecule has 0 bridgehead atoms. The molecule has 0 atom stereocenters. The summed E-state index contributed by atoms with van der Waals surface area (Å²) in [6, 6.07) is 11.4. The minimum Gasteiger partial charge on any atom is -0.482 e. The van der Waals surface area contributed by atoms with Crippen LogP contribution in [-0.4, -0.2) is 51.5 Å². The van der Waals surface area contributed by atoms with Gasteiger partial charge in [0, 0.05) is 24.7 Å². The van der Waals surface area contributed by atoms with Gasteiger partial charge in [0.05, 0.1) is 23.1 Å². The first-order chi connectivity index (χ1) is 13.9. The number of benzene rings is 2. The third-order valence-electron chi connectivity index (χ3n) is 4.30. The second-order valence-corrected chi connectivity index (χ2v) is 9.02. The maximum atomic E-state index is 12.7. The molecule has 1 amide bonds. The number of rotatable bonds is 7. The summed E-state index contributed by atoms with van der Waals surface area (Å²) in [5.74, 6) is -0.133. The second-order valence-electron chi connectivity index (χ2n) is 6.27. The van der Waals surface area contributed by atoms with Crippen LogP contribution in [0.2, 0.25) is 10.0 Å². The summed E-state index contributed by atoms with van der Waals surface area (Å²) in [4.78, 5) is 12.1. The molecule has 3 rings (SSSR count). The number of halogens is 2. The molecule has 1 aliphatic heterocycles. The molecule has 0 spiro atoms. The summed E-state index contributed by atoms with van der Waals surface area (Å²) < 4.78 is 37.3. The molecule has 0 unspecified atom stereocenters. The van der Waals surface area contributed by atoms with Crippen LogP contribution in [0.4, 0.5) is 0 Å². The summed E-state index contributed by atoms with van der Waals surface area (Å²) in [5.41, 5.74) is 0.790. The zero-order valence-electron chi connectivity index (χ0n) is 15.4. The Morgan fingerprint density at radius 2 is 1.83 bits per heavy atom. The summed E-state index contributed by atoms with van der Waals surface area (Å²) in [6.45, 7) is 1.31. The van der Waals surface area contributed by atoms with Gasteiger partial charge in [0.25, 0.3) is 5.91 Å². The molecule has 1 saturated heterocycles. The van der Waals surface area contributed by atoms with E-state index in [9.17, 15) is 13.2 Å². The van der Waals surface area contributed by atoms with Crippen LogP contribution in [0.15, 0.2) is 47.4 Å². The Morgan fingerprint density at radius 1 is 1.10 bits per heavy atom. The van der Waals surface area contributed by atoms with E-state index in [-0.39, 0.29) is 34.7 Å². The lowest BCUT2D eigenvalue weighted by atomic mass is 10.2. The number of nitrogens with zero attached hydrogens (tertiary/aromatic N) is 1. The Hall–Kier alpha value is -1.84. The van der Waals surface area contributed by atoms with Gasteiger partial charge in [0.2, 0.25) is 10.0 Å². The van der Waals surface area contributed by atoms with Crippen molar-refractivity contribution < 1.29 is 22.7 Å². The van der Waals surface area contributed by atoms with Crippen molar-refractivity contribution in [1.29, 1.82) is 0 Å². The molecule has 1 heterocycles. The van der Waals surface area contributed by atoms with Gasteiger partial charge in [-0.1, -0.05) is 41.4 Å². The minimum absolute atomic E-state index is 0.0694. The zero-order chi connectivity index (χ0) is 20.9. The Balaban J connectivity index is 1.57. The molecular weight excluding hydrogens is 439 g/mol. The third kappa shape index (κ3) is 5.61. The van der Waals surface area contributed by atoms with E-state index in [1.807, 2.05) is 18.2 Å². The van der Waals surface area contributed by atoms with Gasteiger partial charge in [-0.3, -0.25) is 4.79 Å². The highest BCUT2D eigenvalue weighted by Gasteiger charge is 2.27. The highest BCUT2D eigenvalue weighted by Crippen LogP contribution is 2.29. The first-order valence-corrected chi connectivity index (χ1v) is 11.1. The van der Waals surface area contributed by atoms with Crippen LogP contribution in [0.3, 0.4) is 0 Å². The van der Waals surface area contributed by atoms with Crippen molar-refractivity contribution in [3.05, 3.63) is 58.1 Å². The number of amides is 1. The fourth-order valence-electron chi connectivity index (χ4n) is 2.73. The largest absolute Gasteiger partial charge is 0.482 e. The molecule has 2 aromatic rings. The fourth-order valence-corrected chi connectivity index (χ4v) is 4.66. The fraction of sp³-hybridized carbons (Fsp3) is 0.316. The van der Waals surface area contributed by atoms with Crippen LogP contribution in [0.1, 0.15) is 5.56 Å². The molecule has 1 N–H and O–H groups in total. The molecule has 0 aliphatic carbocycles. The normalized spacial score (nSPS) is 15.1. The topological polar surface area (TPSA) is 84.9 Å². The molecule has 7 nitrogen and oxygen atoms in total. The lowest BCUT2D eigenvalue weighted by molar-refractivity contribution is -0.123. The Kier molecular flexibility index (Phi) is 7.37. The number of morpholine rings is 1. The molecule has 156 valence electrons. The molecule has 2 aromatic carbocycles. The minimum atomic E-state index is -3.65. The van der Waals surface area contributed by atoms with E-state index < -0.39 is 10.0 Å².